The number of benzene rings is 3. The second kappa shape index (κ2) is 11.3. The second-order valence-electron chi connectivity index (χ2n) is 7.74. The molecule has 0 aliphatic rings. The Morgan fingerprint density at radius 1 is 0.812 bits per heavy atom. The van der Waals surface area contributed by atoms with Crippen LogP contribution in [-0.4, -0.2) is 36.3 Å². The molecule has 1 atom stereocenters. The summed E-state index contributed by atoms with van der Waals surface area (Å²) >= 11 is 0. The average Bonchev–Trinajstić information content (AvgIpc) is 2.82. The van der Waals surface area contributed by atoms with E-state index in [0.29, 0.717) is 24.3 Å². The lowest BCUT2D eigenvalue weighted by atomic mass is 9.98. The van der Waals surface area contributed by atoms with E-state index in [4.69, 9.17) is 0 Å². The van der Waals surface area contributed by atoms with Gasteiger partial charge in [-0.15, -0.1) is 0 Å². The van der Waals surface area contributed by atoms with Crippen LogP contribution in [-0.2, 0) is 4.79 Å². The van der Waals surface area contributed by atoms with Gasteiger partial charge in [-0.3, -0.25) is 14.9 Å². The molecule has 3 aromatic rings. The predicted octanol–water partition coefficient (Wildman–Crippen LogP) is 4.79. The van der Waals surface area contributed by atoms with Gasteiger partial charge in [-0.05, 0) is 56.2 Å². The van der Waals surface area contributed by atoms with Crippen LogP contribution in [0.1, 0.15) is 46.9 Å². The van der Waals surface area contributed by atoms with E-state index in [2.05, 4.69) is 54.0 Å². The minimum atomic E-state index is -0.138. The molecule has 5 nitrogen and oxygen atoms in total. The van der Waals surface area contributed by atoms with Crippen LogP contribution >= 0.6 is 0 Å². The van der Waals surface area contributed by atoms with Crippen molar-refractivity contribution in [3.63, 3.8) is 0 Å². The third kappa shape index (κ3) is 6.05. The van der Waals surface area contributed by atoms with Crippen LogP contribution in [0.5, 0.6) is 0 Å². The standard InChI is InChI=1S/C27H31N3O2/c1-4-30(5-2)27(32)23-15-17-24(18-16-23)29-25(31)19-28-26(21-9-7-6-8-10-21)22-13-11-20(3)12-14-22/h6-18,26,28H,4-5,19H2,1-3H3,(H,29,31)/t26-/m0/s1. The molecule has 0 saturated carbocycles. The molecule has 2 N–H and O–H groups in total. The Labute approximate surface area is 190 Å². The van der Waals surface area contributed by atoms with Crippen LogP contribution in [0, 0.1) is 6.92 Å². The summed E-state index contributed by atoms with van der Waals surface area (Å²) in [7, 11) is 0. The van der Waals surface area contributed by atoms with Crippen LogP contribution in [0.4, 0.5) is 5.69 Å². The number of nitrogens with one attached hydrogen (secondary N) is 2. The Bertz CT molecular complexity index is 1010. The summed E-state index contributed by atoms with van der Waals surface area (Å²) in [6.07, 6.45) is 0. The third-order valence-electron chi connectivity index (χ3n) is 5.48. The zero-order valence-electron chi connectivity index (χ0n) is 19.0. The number of rotatable bonds is 9. The normalized spacial score (nSPS) is 11.6. The lowest BCUT2D eigenvalue weighted by Gasteiger charge is -2.20. The number of hydrogen-bond donors (Lipinski definition) is 2. The number of anilines is 1. The Balaban J connectivity index is 1.64. The Morgan fingerprint density at radius 3 is 2.00 bits per heavy atom. The topological polar surface area (TPSA) is 61.4 Å². The van der Waals surface area contributed by atoms with Gasteiger partial charge in [-0.25, -0.2) is 0 Å². The summed E-state index contributed by atoms with van der Waals surface area (Å²) in [5, 5.41) is 6.29. The highest BCUT2D eigenvalue weighted by atomic mass is 16.2. The van der Waals surface area contributed by atoms with E-state index in [-0.39, 0.29) is 24.4 Å². The minimum absolute atomic E-state index is 0.00153. The van der Waals surface area contributed by atoms with E-state index >= 15 is 0 Å². The Morgan fingerprint density at radius 2 is 1.41 bits per heavy atom. The SMILES string of the molecule is CCN(CC)C(=O)c1ccc(NC(=O)CN[C@@H](c2ccccc2)c2ccc(C)cc2)cc1. The zero-order chi connectivity index (χ0) is 22.9. The van der Waals surface area contributed by atoms with Crippen molar-refractivity contribution in [3.8, 4) is 0 Å². The molecule has 0 aliphatic carbocycles. The van der Waals surface area contributed by atoms with E-state index in [1.807, 2.05) is 32.0 Å². The molecule has 0 fully saturated rings. The van der Waals surface area contributed by atoms with E-state index in [0.717, 1.165) is 11.1 Å². The molecule has 0 heterocycles. The van der Waals surface area contributed by atoms with Crippen molar-refractivity contribution in [1.29, 1.82) is 0 Å². The van der Waals surface area contributed by atoms with Crippen LogP contribution < -0.4 is 10.6 Å². The maximum atomic E-state index is 12.6. The molecule has 3 rings (SSSR count). The van der Waals surface area contributed by atoms with Crippen molar-refractivity contribution in [2.24, 2.45) is 0 Å². The van der Waals surface area contributed by atoms with E-state index in [9.17, 15) is 9.59 Å². The molecule has 0 radical (unpaired) electrons. The van der Waals surface area contributed by atoms with Crippen molar-refractivity contribution < 1.29 is 9.59 Å². The first-order valence-electron chi connectivity index (χ1n) is 11.1. The number of carbonyl (C=O) groups is 2. The van der Waals surface area contributed by atoms with Gasteiger partial charge in [-0.2, -0.15) is 0 Å². The molecule has 2 amide bonds. The van der Waals surface area contributed by atoms with E-state index in [1.165, 1.54) is 5.56 Å². The average molecular weight is 430 g/mol. The van der Waals surface area contributed by atoms with E-state index < -0.39 is 0 Å². The van der Waals surface area contributed by atoms with Gasteiger partial charge in [-0.1, -0.05) is 60.2 Å². The number of aryl methyl sites for hydroxylation is 1. The molecule has 0 spiro atoms. The highest BCUT2D eigenvalue weighted by molar-refractivity contribution is 5.96. The number of nitrogens with zero attached hydrogens (tertiary/aromatic N) is 1. The molecular formula is C27H31N3O2. The summed E-state index contributed by atoms with van der Waals surface area (Å²) in [4.78, 5) is 26.8. The van der Waals surface area contributed by atoms with Crippen LogP contribution in [0.25, 0.3) is 0 Å². The van der Waals surface area contributed by atoms with Crippen molar-refractivity contribution in [2.75, 3.05) is 25.0 Å². The summed E-state index contributed by atoms with van der Waals surface area (Å²) in [5.74, 6) is -0.140. The molecule has 3 aromatic carbocycles. The van der Waals surface area contributed by atoms with Crippen molar-refractivity contribution in [1.82, 2.24) is 10.2 Å². The van der Waals surface area contributed by atoms with Crippen LogP contribution in [0.3, 0.4) is 0 Å². The van der Waals surface area contributed by atoms with Gasteiger partial charge in [0.05, 0.1) is 12.6 Å². The van der Waals surface area contributed by atoms with Gasteiger partial charge < -0.3 is 10.2 Å². The van der Waals surface area contributed by atoms with Gasteiger partial charge in [0.25, 0.3) is 5.91 Å². The lowest BCUT2D eigenvalue weighted by Crippen LogP contribution is -2.32. The maximum absolute atomic E-state index is 12.6. The molecule has 0 unspecified atom stereocenters. The molecule has 0 aliphatic heterocycles. The first-order valence-corrected chi connectivity index (χ1v) is 11.1. The largest absolute Gasteiger partial charge is 0.339 e. The molecule has 0 saturated heterocycles. The van der Waals surface area contributed by atoms with Gasteiger partial charge in [0.1, 0.15) is 0 Å². The van der Waals surface area contributed by atoms with E-state index in [1.54, 1.807) is 29.2 Å². The summed E-state index contributed by atoms with van der Waals surface area (Å²) in [6, 6.07) is 25.4. The highest BCUT2D eigenvalue weighted by Gasteiger charge is 2.16. The summed E-state index contributed by atoms with van der Waals surface area (Å²) in [6.45, 7) is 7.48. The zero-order valence-corrected chi connectivity index (χ0v) is 19.0. The molecule has 32 heavy (non-hydrogen) atoms. The molecule has 166 valence electrons. The highest BCUT2D eigenvalue weighted by Crippen LogP contribution is 2.22. The monoisotopic (exact) mass is 429 g/mol. The smallest absolute Gasteiger partial charge is 0.253 e. The van der Waals surface area contributed by atoms with Gasteiger partial charge in [0.2, 0.25) is 5.91 Å². The second-order valence-corrected chi connectivity index (χ2v) is 7.74. The number of hydrogen-bond acceptors (Lipinski definition) is 3. The number of amides is 2. The fourth-order valence-electron chi connectivity index (χ4n) is 3.62. The van der Waals surface area contributed by atoms with Crippen molar-refractivity contribution in [2.45, 2.75) is 26.8 Å². The van der Waals surface area contributed by atoms with Gasteiger partial charge >= 0.3 is 0 Å². The lowest BCUT2D eigenvalue weighted by molar-refractivity contribution is -0.115. The first kappa shape index (κ1) is 23.2. The Hall–Kier alpha value is -3.44. The molecular weight excluding hydrogens is 398 g/mol. The molecule has 5 heteroatoms. The maximum Gasteiger partial charge on any atom is 0.253 e. The van der Waals surface area contributed by atoms with Crippen LogP contribution in [0.15, 0.2) is 78.9 Å². The number of carbonyl (C=O) groups excluding carboxylic acids is 2. The fourth-order valence-corrected chi connectivity index (χ4v) is 3.62. The van der Waals surface area contributed by atoms with Crippen molar-refractivity contribution >= 4 is 17.5 Å². The third-order valence-corrected chi connectivity index (χ3v) is 5.48. The summed E-state index contributed by atoms with van der Waals surface area (Å²) in [5.41, 5.74) is 4.69. The Kier molecular flexibility index (Phi) is 8.17. The molecule has 0 aromatic heterocycles. The first-order chi connectivity index (χ1) is 15.5. The van der Waals surface area contributed by atoms with Crippen molar-refractivity contribution in [3.05, 3.63) is 101 Å². The predicted molar refractivity (Wildman–Crippen MR) is 130 cm³/mol. The van der Waals surface area contributed by atoms with Gasteiger partial charge in [0, 0.05) is 24.3 Å². The quantitative estimate of drug-likeness (QED) is 0.514. The minimum Gasteiger partial charge on any atom is -0.339 e. The van der Waals surface area contributed by atoms with Crippen LogP contribution in [0.2, 0.25) is 0 Å². The molecule has 0 bridgehead atoms. The van der Waals surface area contributed by atoms with Gasteiger partial charge in [0.15, 0.2) is 0 Å². The fraction of sp³-hybridized carbons (Fsp3) is 0.259. The summed E-state index contributed by atoms with van der Waals surface area (Å²) < 4.78 is 0.